The summed E-state index contributed by atoms with van der Waals surface area (Å²) in [5.74, 6) is 0.919. The van der Waals surface area contributed by atoms with Crippen LogP contribution in [0.1, 0.15) is 11.4 Å². The summed E-state index contributed by atoms with van der Waals surface area (Å²) in [6, 6.07) is 14.8. The number of nitrogens with zero attached hydrogens (tertiary/aromatic N) is 2. The molecule has 1 heterocycles. The van der Waals surface area contributed by atoms with Crippen LogP contribution >= 0.6 is 0 Å². The Morgan fingerprint density at radius 1 is 1.06 bits per heavy atom. The van der Waals surface area contributed by atoms with Crippen molar-refractivity contribution in [3.05, 3.63) is 66.2 Å². The van der Waals surface area contributed by atoms with Crippen LogP contribution in [0.3, 0.4) is 0 Å². The van der Waals surface area contributed by atoms with Gasteiger partial charge in [-0.15, -0.1) is 0 Å². The van der Waals surface area contributed by atoms with Gasteiger partial charge < -0.3 is 10.3 Å². The number of hydrogen-bond donors (Lipinski definition) is 1. The average Bonchev–Trinajstić information content (AvgIpc) is 2.86. The van der Waals surface area contributed by atoms with E-state index < -0.39 is 0 Å². The Balaban J connectivity index is 2.05. The van der Waals surface area contributed by atoms with Gasteiger partial charge in [-0.3, -0.25) is 0 Å². The molecule has 1 aromatic heterocycles. The summed E-state index contributed by atoms with van der Waals surface area (Å²) in [5.41, 5.74) is 6.97. The van der Waals surface area contributed by atoms with Gasteiger partial charge in [-0.1, -0.05) is 42.5 Å². The van der Waals surface area contributed by atoms with E-state index in [4.69, 9.17) is 5.73 Å². The quantitative estimate of drug-likeness (QED) is 0.760. The lowest BCUT2D eigenvalue weighted by Crippen LogP contribution is -2.09. The molecule has 0 saturated heterocycles. The summed E-state index contributed by atoms with van der Waals surface area (Å²) in [6.07, 6.45) is 3.78. The van der Waals surface area contributed by atoms with Gasteiger partial charge in [0.25, 0.3) is 0 Å². The number of fused-ring (bicyclic) bond motifs is 1. The molecule has 0 spiro atoms. The van der Waals surface area contributed by atoms with Crippen LogP contribution in [0.2, 0.25) is 0 Å². The topological polar surface area (TPSA) is 43.8 Å². The molecule has 0 aliphatic carbocycles. The molecule has 0 amide bonds. The summed E-state index contributed by atoms with van der Waals surface area (Å²) >= 11 is 0. The highest BCUT2D eigenvalue weighted by molar-refractivity contribution is 5.85. The molecule has 0 bridgehead atoms. The van der Waals surface area contributed by atoms with Gasteiger partial charge in [-0.05, 0) is 16.3 Å². The van der Waals surface area contributed by atoms with Gasteiger partial charge in [0.1, 0.15) is 5.82 Å². The zero-order chi connectivity index (χ0) is 12.4. The summed E-state index contributed by atoms with van der Waals surface area (Å²) < 4.78 is 2.10. The number of nitrogens with two attached hydrogens (primary N) is 1. The minimum Gasteiger partial charge on any atom is -0.329 e. The zero-order valence-electron chi connectivity index (χ0n) is 10.1. The first-order valence-electron chi connectivity index (χ1n) is 6.05. The first kappa shape index (κ1) is 11.0. The molecule has 0 unspecified atom stereocenters. The number of benzene rings is 2. The smallest absolute Gasteiger partial charge is 0.122 e. The van der Waals surface area contributed by atoms with Crippen LogP contribution < -0.4 is 5.73 Å². The fourth-order valence-electron chi connectivity index (χ4n) is 2.29. The molecule has 3 nitrogen and oxygen atoms in total. The van der Waals surface area contributed by atoms with E-state index in [0.717, 1.165) is 12.4 Å². The van der Waals surface area contributed by atoms with Crippen molar-refractivity contribution < 1.29 is 0 Å². The van der Waals surface area contributed by atoms with Gasteiger partial charge in [0, 0.05) is 18.9 Å². The van der Waals surface area contributed by atoms with Gasteiger partial charge >= 0.3 is 0 Å². The summed E-state index contributed by atoms with van der Waals surface area (Å²) in [7, 11) is 0. The highest BCUT2D eigenvalue weighted by Gasteiger charge is 2.04. The van der Waals surface area contributed by atoms with Crippen molar-refractivity contribution in [1.82, 2.24) is 9.55 Å². The van der Waals surface area contributed by atoms with Crippen LogP contribution in [0, 0.1) is 0 Å². The third-order valence-corrected chi connectivity index (χ3v) is 3.20. The molecule has 90 valence electrons. The first-order valence-corrected chi connectivity index (χ1v) is 6.05. The van der Waals surface area contributed by atoms with Gasteiger partial charge in [-0.25, -0.2) is 4.98 Å². The van der Waals surface area contributed by atoms with E-state index in [1.54, 1.807) is 6.20 Å². The predicted octanol–water partition coefficient (Wildman–Crippen LogP) is 2.54. The molecule has 0 fully saturated rings. The van der Waals surface area contributed by atoms with E-state index in [2.05, 4.69) is 52.0 Å². The molecule has 3 heteroatoms. The summed E-state index contributed by atoms with van der Waals surface area (Å²) in [4.78, 5) is 4.25. The summed E-state index contributed by atoms with van der Waals surface area (Å²) in [6.45, 7) is 1.28. The molecule has 0 aliphatic rings. The Labute approximate surface area is 106 Å². The van der Waals surface area contributed by atoms with E-state index in [0.29, 0.717) is 6.54 Å². The summed E-state index contributed by atoms with van der Waals surface area (Å²) in [5, 5.41) is 2.56. The van der Waals surface area contributed by atoms with Crippen molar-refractivity contribution in [3.8, 4) is 0 Å². The normalized spacial score (nSPS) is 10.9. The van der Waals surface area contributed by atoms with Crippen LogP contribution in [0.15, 0.2) is 54.9 Å². The maximum absolute atomic E-state index is 5.68. The third-order valence-electron chi connectivity index (χ3n) is 3.20. The molecule has 3 aromatic rings. The second kappa shape index (κ2) is 4.63. The second-order valence-electron chi connectivity index (χ2n) is 4.31. The standard InChI is InChI=1S/C15H15N3/c16-10-15-17-8-9-18(15)11-13-6-3-5-12-4-1-2-7-14(12)13/h1-9H,10-11,16H2. The molecular formula is C15H15N3. The molecule has 2 aromatic carbocycles. The van der Waals surface area contributed by atoms with Gasteiger partial charge in [-0.2, -0.15) is 0 Å². The second-order valence-corrected chi connectivity index (χ2v) is 4.31. The van der Waals surface area contributed by atoms with Gasteiger partial charge in [0.15, 0.2) is 0 Å². The number of hydrogen-bond acceptors (Lipinski definition) is 2. The maximum Gasteiger partial charge on any atom is 0.122 e. The van der Waals surface area contributed by atoms with E-state index in [9.17, 15) is 0 Å². The predicted molar refractivity (Wildman–Crippen MR) is 73.2 cm³/mol. The molecular weight excluding hydrogens is 222 g/mol. The third kappa shape index (κ3) is 1.89. The number of imidazole rings is 1. The average molecular weight is 237 g/mol. The van der Waals surface area contributed by atoms with Crippen molar-refractivity contribution in [3.63, 3.8) is 0 Å². The van der Waals surface area contributed by atoms with Crippen molar-refractivity contribution in [1.29, 1.82) is 0 Å². The van der Waals surface area contributed by atoms with Crippen LogP contribution in [0.4, 0.5) is 0 Å². The number of aromatic nitrogens is 2. The lowest BCUT2D eigenvalue weighted by atomic mass is 10.0. The Morgan fingerprint density at radius 3 is 2.78 bits per heavy atom. The minimum absolute atomic E-state index is 0.470. The van der Waals surface area contributed by atoms with Crippen LogP contribution in [0.5, 0.6) is 0 Å². The Bertz CT molecular complexity index is 665. The SMILES string of the molecule is NCc1nccn1Cc1cccc2ccccc12. The minimum atomic E-state index is 0.470. The van der Waals surface area contributed by atoms with E-state index in [1.807, 2.05) is 6.20 Å². The fourth-order valence-corrected chi connectivity index (χ4v) is 2.29. The van der Waals surface area contributed by atoms with Crippen molar-refractivity contribution in [2.75, 3.05) is 0 Å². The van der Waals surface area contributed by atoms with Gasteiger partial charge in [0.05, 0.1) is 6.54 Å². The largest absolute Gasteiger partial charge is 0.329 e. The molecule has 2 N–H and O–H groups in total. The van der Waals surface area contributed by atoms with E-state index >= 15 is 0 Å². The van der Waals surface area contributed by atoms with Crippen molar-refractivity contribution in [2.24, 2.45) is 5.73 Å². The van der Waals surface area contributed by atoms with Crippen LogP contribution in [-0.4, -0.2) is 9.55 Å². The van der Waals surface area contributed by atoms with Crippen LogP contribution in [-0.2, 0) is 13.1 Å². The maximum atomic E-state index is 5.68. The Hall–Kier alpha value is -2.13. The molecule has 0 atom stereocenters. The van der Waals surface area contributed by atoms with Crippen LogP contribution in [0.25, 0.3) is 10.8 Å². The van der Waals surface area contributed by atoms with Crippen molar-refractivity contribution >= 4 is 10.8 Å². The fraction of sp³-hybridized carbons (Fsp3) is 0.133. The molecule has 18 heavy (non-hydrogen) atoms. The highest BCUT2D eigenvalue weighted by atomic mass is 15.1. The Morgan fingerprint density at radius 2 is 1.89 bits per heavy atom. The lowest BCUT2D eigenvalue weighted by molar-refractivity contribution is 0.727. The number of rotatable bonds is 3. The zero-order valence-corrected chi connectivity index (χ0v) is 10.1. The molecule has 3 rings (SSSR count). The van der Waals surface area contributed by atoms with E-state index in [-0.39, 0.29) is 0 Å². The lowest BCUT2D eigenvalue weighted by Gasteiger charge is -2.09. The molecule has 0 saturated carbocycles. The highest BCUT2D eigenvalue weighted by Crippen LogP contribution is 2.19. The molecule has 0 radical (unpaired) electrons. The monoisotopic (exact) mass is 237 g/mol. The van der Waals surface area contributed by atoms with Gasteiger partial charge in [0.2, 0.25) is 0 Å². The Kier molecular flexibility index (Phi) is 2.82. The van der Waals surface area contributed by atoms with E-state index in [1.165, 1.54) is 16.3 Å². The molecule has 0 aliphatic heterocycles. The first-order chi connectivity index (χ1) is 8.88. The van der Waals surface area contributed by atoms with Crippen molar-refractivity contribution in [2.45, 2.75) is 13.1 Å².